The maximum absolute atomic E-state index is 13.6. The highest BCUT2D eigenvalue weighted by molar-refractivity contribution is 6.07. The van der Waals surface area contributed by atoms with E-state index < -0.39 is 0 Å². The Balaban J connectivity index is 1.72. The summed E-state index contributed by atoms with van der Waals surface area (Å²) in [4.78, 5) is 18.4. The lowest BCUT2D eigenvalue weighted by Gasteiger charge is -2.46. The Kier molecular flexibility index (Phi) is 6.06. The third kappa shape index (κ3) is 4.96. The summed E-state index contributed by atoms with van der Waals surface area (Å²) in [5.41, 5.74) is 2.87. The van der Waals surface area contributed by atoms with Crippen LogP contribution >= 0.6 is 0 Å². The highest BCUT2D eigenvalue weighted by Crippen LogP contribution is 2.34. The van der Waals surface area contributed by atoms with Gasteiger partial charge < -0.3 is 20.1 Å². The van der Waals surface area contributed by atoms with Gasteiger partial charge in [-0.05, 0) is 70.9 Å². The molecule has 6 heteroatoms. The predicted molar refractivity (Wildman–Crippen MR) is 132 cm³/mol. The summed E-state index contributed by atoms with van der Waals surface area (Å²) in [5.74, 6) is 1.19. The molecule has 33 heavy (non-hydrogen) atoms. The van der Waals surface area contributed by atoms with Gasteiger partial charge in [-0.2, -0.15) is 0 Å². The topological polar surface area (TPSA) is 72.5 Å². The van der Waals surface area contributed by atoms with Crippen molar-refractivity contribution >= 4 is 16.8 Å². The molecule has 0 unspecified atom stereocenters. The summed E-state index contributed by atoms with van der Waals surface area (Å²) in [7, 11) is 3.22. The summed E-state index contributed by atoms with van der Waals surface area (Å²) in [6, 6.07) is 15.4. The van der Waals surface area contributed by atoms with E-state index in [1.165, 1.54) is 0 Å². The minimum absolute atomic E-state index is 0.0508. The van der Waals surface area contributed by atoms with Crippen molar-refractivity contribution in [2.24, 2.45) is 0 Å². The Hall–Kier alpha value is -3.12. The van der Waals surface area contributed by atoms with Crippen LogP contribution in [0.15, 0.2) is 48.5 Å². The van der Waals surface area contributed by atoms with Crippen molar-refractivity contribution in [1.29, 1.82) is 0 Å². The van der Waals surface area contributed by atoms with E-state index >= 15 is 0 Å². The number of piperidine rings is 1. The number of nitrogens with zero attached hydrogens (tertiary/aromatic N) is 1. The molecule has 174 valence electrons. The number of amides is 1. The number of rotatable bonds is 5. The number of hydrogen-bond acceptors (Lipinski definition) is 5. The van der Waals surface area contributed by atoms with E-state index in [1.807, 2.05) is 48.5 Å². The largest absolute Gasteiger partial charge is 0.493 e. The zero-order valence-corrected chi connectivity index (χ0v) is 20.3. The fraction of sp³-hybridized carbons (Fsp3) is 0.407. The molecule has 2 aromatic carbocycles. The number of aromatic nitrogens is 1. The van der Waals surface area contributed by atoms with Crippen LogP contribution in [0.1, 0.15) is 50.9 Å². The van der Waals surface area contributed by atoms with Gasteiger partial charge in [0.25, 0.3) is 5.91 Å². The number of carbonyl (C=O) groups is 1. The molecule has 0 aliphatic carbocycles. The summed E-state index contributed by atoms with van der Waals surface area (Å²) >= 11 is 0. The molecule has 1 aromatic heterocycles. The Morgan fingerprint density at radius 3 is 2.30 bits per heavy atom. The van der Waals surface area contributed by atoms with Gasteiger partial charge in [-0.3, -0.25) is 4.79 Å². The van der Waals surface area contributed by atoms with E-state index in [1.54, 1.807) is 14.2 Å². The van der Waals surface area contributed by atoms with Gasteiger partial charge >= 0.3 is 0 Å². The van der Waals surface area contributed by atoms with E-state index in [9.17, 15) is 4.79 Å². The Bertz CT molecular complexity index is 1170. The molecule has 2 N–H and O–H groups in total. The van der Waals surface area contributed by atoms with E-state index in [-0.39, 0.29) is 23.0 Å². The zero-order valence-electron chi connectivity index (χ0n) is 20.3. The molecule has 1 aliphatic rings. The Morgan fingerprint density at radius 1 is 0.970 bits per heavy atom. The van der Waals surface area contributed by atoms with Crippen LogP contribution in [0.2, 0.25) is 0 Å². The third-order valence-corrected chi connectivity index (χ3v) is 6.17. The van der Waals surface area contributed by atoms with Crippen LogP contribution in [0.3, 0.4) is 0 Å². The molecule has 1 saturated heterocycles. The van der Waals surface area contributed by atoms with E-state index in [0.29, 0.717) is 22.8 Å². The van der Waals surface area contributed by atoms with E-state index in [4.69, 9.17) is 14.5 Å². The number of benzene rings is 2. The lowest BCUT2D eigenvalue weighted by atomic mass is 9.79. The van der Waals surface area contributed by atoms with Crippen LogP contribution < -0.4 is 20.1 Å². The van der Waals surface area contributed by atoms with Crippen molar-refractivity contribution in [1.82, 2.24) is 15.6 Å². The molecule has 1 fully saturated rings. The van der Waals surface area contributed by atoms with Gasteiger partial charge in [-0.15, -0.1) is 0 Å². The number of nitrogens with one attached hydrogen (secondary N) is 2. The van der Waals surface area contributed by atoms with Crippen LogP contribution in [0.4, 0.5) is 0 Å². The standard InChI is InChI=1S/C27H33N3O3/c1-26(2)15-18(16-27(3,4)30-26)28-25(31)20-14-22(29-21-10-8-7-9-19(20)21)17-11-12-23(32-5)24(13-17)33-6/h7-14,18,30H,15-16H2,1-6H3,(H,28,31). The van der Waals surface area contributed by atoms with Gasteiger partial charge in [0.1, 0.15) is 0 Å². The molecule has 0 radical (unpaired) electrons. The first-order valence-corrected chi connectivity index (χ1v) is 11.3. The van der Waals surface area contributed by atoms with Gasteiger partial charge in [-0.1, -0.05) is 18.2 Å². The average Bonchev–Trinajstić information content (AvgIpc) is 2.75. The highest BCUT2D eigenvalue weighted by atomic mass is 16.5. The SMILES string of the molecule is COc1ccc(-c2cc(C(=O)NC3CC(C)(C)NC(C)(C)C3)c3ccccc3n2)cc1OC. The smallest absolute Gasteiger partial charge is 0.252 e. The van der Waals surface area contributed by atoms with Crippen molar-refractivity contribution in [3.05, 3.63) is 54.1 Å². The van der Waals surface area contributed by atoms with E-state index in [0.717, 1.165) is 29.3 Å². The quantitative estimate of drug-likeness (QED) is 0.579. The first kappa shape index (κ1) is 23.1. The summed E-state index contributed by atoms with van der Waals surface area (Å²) in [6.45, 7) is 8.74. The average molecular weight is 448 g/mol. The van der Waals surface area contributed by atoms with Crippen LogP contribution in [-0.4, -0.2) is 42.2 Å². The molecular formula is C27H33N3O3. The molecule has 3 aromatic rings. The lowest BCUT2D eigenvalue weighted by molar-refractivity contribution is 0.0875. The second-order valence-electron chi connectivity index (χ2n) is 10.1. The molecule has 1 amide bonds. The molecule has 4 rings (SSSR count). The van der Waals surface area contributed by atoms with Crippen LogP contribution in [0.5, 0.6) is 11.5 Å². The van der Waals surface area contributed by atoms with Gasteiger partial charge in [0.15, 0.2) is 11.5 Å². The number of methoxy groups -OCH3 is 2. The molecule has 0 spiro atoms. The second-order valence-corrected chi connectivity index (χ2v) is 10.1. The lowest BCUT2D eigenvalue weighted by Crippen LogP contribution is -2.62. The monoisotopic (exact) mass is 447 g/mol. The predicted octanol–water partition coefficient (Wildman–Crippen LogP) is 4.96. The fourth-order valence-electron chi connectivity index (χ4n) is 5.19. The zero-order chi connectivity index (χ0) is 23.8. The van der Waals surface area contributed by atoms with Crippen molar-refractivity contribution in [3.63, 3.8) is 0 Å². The first-order chi connectivity index (χ1) is 15.6. The van der Waals surface area contributed by atoms with E-state index in [2.05, 4.69) is 38.3 Å². The molecule has 2 heterocycles. The Labute approximate surface area is 195 Å². The molecule has 1 aliphatic heterocycles. The summed E-state index contributed by atoms with van der Waals surface area (Å²) in [6.07, 6.45) is 1.74. The van der Waals surface area contributed by atoms with Crippen molar-refractivity contribution in [3.8, 4) is 22.8 Å². The van der Waals surface area contributed by atoms with Crippen molar-refractivity contribution in [2.45, 2.75) is 57.7 Å². The van der Waals surface area contributed by atoms with Crippen molar-refractivity contribution in [2.75, 3.05) is 14.2 Å². The molecular weight excluding hydrogens is 414 g/mol. The minimum atomic E-state index is -0.0752. The number of carbonyl (C=O) groups excluding carboxylic acids is 1. The number of para-hydroxylation sites is 1. The first-order valence-electron chi connectivity index (χ1n) is 11.3. The number of pyridine rings is 1. The van der Waals surface area contributed by atoms with Crippen LogP contribution in [-0.2, 0) is 0 Å². The number of ether oxygens (including phenoxy) is 2. The fourth-order valence-corrected chi connectivity index (χ4v) is 5.19. The minimum Gasteiger partial charge on any atom is -0.493 e. The van der Waals surface area contributed by atoms with Crippen LogP contribution in [0, 0.1) is 0 Å². The molecule has 0 atom stereocenters. The van der Waals surface area contributed by atoms with Crippen LogP contribution in [0.25, 0.3) is 22.2 Å². The maximum atomic E-state index is 13.6. The summed E-state index contributed by atoms with van der Waals surface area (Å²) < 4.78 is 10.8. The number of hydrogen-bond donors (Lipinski definition) is 2. The third-order valence-electron chi connectivity index (χ3n) is 6.17. The normalized spacial score (nSPS) is 17.5. The van der Waals surface area contributed by atoms with Crippen molar-refractivity contribution < 1.29 is 14.3 Å². The maximum Gasteiger partial charge on any atom is 0.252 e. The molecule has 0 saturated carbocycles. The summed E-state index contributed by atoms with van der Waals surface area (Å²) in [5, 5.41) is 7.82. The van der Waals surface area contributed by atoms with Gasteiger partial charge in [0.05, 0.1) is 31.0 Å². The van der Waals surface area contributed by atoms with Gasteiger partial charge in [0, 0.05) is 28.1 Å². The highest BCUT2D eigenvalue weighted by Gasteiger charge is 2.38. The van der Waals surface area contributed by atoms with Gasteiger partial charge in [0.2, 0.25) is 0 Å². The van der Waals surface area contributed by atoms with Gasteiger partial charge in [-0.25, -0.2) is 4.98 Å². The Morgan fingerprint density at radius 2 is 1.64 bits per heavy atom. The molecule has 0 bridgehead atoms. The second kappa shape index (κ2) is 8.67. The number of fused-ring (bicyclic) bond motifs is 1. The molecule has 6 nitrogen and oxygen atoms in total.